The summed E-state index contributed by atoms with van der Waals surface area (Å²) in [5.41, 5.74) is 4.19. The van der Waals surface area contributed by atoms with Gasteiger partial charge in [-0.05, 0) is 144 Å². The second kappa shape index (κ2) is 16.5. The van der Waals surface area contributed by atoms with Crippen molar-refractivity contribution < 1.29 is 70.9 Å². The van der Waals surface area contributed by atoms with Gasteiger partial charge >= 0.3 is 30.8 Å². The molecule has 7 nitrogen and oxygen atoms in total. The predicted molar refractivity (Wildman–Crippen MR) is 209 cm³/mol. The third kappa shape index (κ3) is 8.44. The number of hydrogen-bond donors (Lipinski definition) is 1. The van der Waals surface area contributed by atoms with Crippen LogP contribution in [0.15, 0.2) is 72.8 Å². The third-order valence-corrected chi connectivity index (χ3v) is 13.1. The average Bonchev–Trinajstić information content (AvgIpc) is 4.14. The Labute approximate surface area is 353 Å². The largest absolute Gasteiger partial charge is 1.00 e. The van der Waals surface area contributed by atoms with Crippen LogP contribution in [0.4, 0.5) is 17.6 Å². The number of ketones is 2. The van der Waals surface area contributed by atoms with Crippen LogP contribution in [-0.4, -0.2) is 41.2 Å². The van der Waals surface area contributed by atoms with E-state index in [-0.39, 0.29) is 84.9 Å². The van der Waals surface area contributed by atoms with Crippen molar-refractivity contribution in [2.45, 2.75) is 114 Å². The van der Waals surface area contributed by atoms with Gasteiger partial charge in [0.25, 0.3) is 12.9 Å². The molecule has 0 amide bonds. The summed E-state index contributed by atoms with van der Waals surface area (Å²) in [5, 5.41) is 9.01. The number of ether oxygens (including phenoxy) is 1. The minimum Gasteiger partial charge on any atom is -0.870 e. The number of hydrogen-bond acceptors (Lipinski definition) is 6. The Morgan fingerprint density at radius 2 is 0.864 bits per heavy atom. The molecular weight excluding hydrogens is 759 g/mol. The molecule has 0 radical (unpaired) electrons. The Morgan fingerprint density at radius 3 is 1.17 bits per heavy atom. The normalized spacial score (nSPS) is 17.9. The van der Waals surface area contributed by atoms with Gasteiger partial charge in [0.1, 0.15) is 0 Å². The molecule has 8 rings (SSSR count). The predicted octanol–water partition coefficient (Wildman–Crippen LogP) is 8.23. The molecule has 306 valence electrons. The molecule has 59 heavy (non-hydrogen) atoms. The summed E-state index contributed by atoms with van der Waals surface area (Å²) in [4.78, 5) is 48.8. The molecule has 2 N–H and O–H groups in total. The Bertz CT molecular complexity index is 2290. The van der Waals surface area contributed by atoms with E-state index in [0.29, 0.717) is 5.56 Å². The van der Waals surface area contributed by atoms with Gasteiger partial charge in [-0.25, -0.2) is 27.2 Å². The van der Waals surface area contributed by atoms with E-state index in [0.717, 1.165) is 73.6 Å². The van der Waals surface area contributed by atoms with Gasteiger partial charge in [0.2, 0.25) is 0 Å². The molecule has 0 aromatic heterocycles. The molecule has 2 fully saturated rings. The molecule has 4 aliphatic rings. The molecule has 0 heterocycles. The summed E-state index contributed by atoms with van der Waals surface area (Å²) >= 11 is 0. The zero-order valence-corrected chi connectivity index (χ0v) is 34.2. The monoisotopic (exact) mass is 806 g/mol. The van der Waals surface area contributed by atoms with Crippen LogP contribution in [0.1, 0.15) is 178 Å². The second-order valence-electron chi connectivity index (χ2n) is 17.5. The first-order valence-corrected chi connectivity index (χ1v) is 19.4. The molecular formula is C47H47F4LiO7. The van der Waals surface area contributed by atoms with Crippen LogP contribution in [-0.2, 0) is 26.4 Å². The fraction of sp³-hybridized carbons (Fsp3) is 0.404. The molecule has 2 spiro atoms. The Kier molecular flexibility index (Phi) is 12.7. The Hall–Kier alpha value is -4.56. The first-order valence-electron chi connectivity index (χ1n) is 19.4. The van der Waals surface area contributed by atoms with Crippen molar-refractivity contribution >= 4 is 23.5 Å². The van der Waals surface area contributed by atoms with Gasteiger partial charge in [-0.3, -0.25) is 9.59 Å². The summed E-state index contributed by atoms with van der Waals surface area (Å²) in [5.74, 6) is -2.55. The van der Waals surface area contributed by atoms with Crippen molar-refractivity contribution in [1.82, 2.24) is 0 Å². The SMILES string of the molecule is CC1(C)CCC2(CC2)c2cc(C(=O)c3ccc(C(=O)O)cc3)c(C(F)F)cc21.COC(=O)c1ccc(C(=O)c2cc3c(cc2C(F)F)C(C)(C)CCC32CC2)cc1.[Li+].[OH-]. The van der Waals surface area contributed by atoms with Crippen LogP contribution < -0.4 is 18.9 Å². The van der Waals surface area contributed by atoms with E-state index in [1.807, 2.05) is 0 Å². The van der Waals surface area contributed by atoms with Crippen molar-refractivity contribution in [3.8, 4) is 0 Å². The number of alkyl halides is 4. The molecule has 0 saturated heterocycles. The van der Waals surface area contributed by atoms with Gasteiger partial charge in [-0.2, -0.15) is 0 Å². The average molecular weight is 807 g/mol. The summed E-state index contributed by atoms with van der Waals surface area (Å²) < 4.78 is 60.3. The maximum absolute atomic E-state index is 13.9. The number of rotatable bonds is 8. The number of halogens is 4. The molecule has 2 saturated carbocycles. The van der Waals surface area contributed by atoms with Crippen molar-refractivity contribution in [2.75, 3.05) is 7.11 Å². The molecule has 0 unspecified atom stereocenters. The molecule has 12 heteroatoms. The summed E-state index contributed by atoms with van der Waals surface area (Å²) in [7, 11) is 1.28. The van der Waals surface area contributed by atoms with E-state index >= 15 is 0 Å². The number of esters is 1. The van der Waals surface area contributed by atoms with E-state index in [1.54, 1.807) is 18.2 Å². The fourth-order valence-electron chi connectivity index (χ4n) is 8.92. The first-order chi connectivity index (χ1) is 26.8. The molecule has 4 aromatic rings. The summed E-state index contributed by atoms with van der Waals surface area (Å²) in [6, 6.07) is 17.9. The number of carbonyl (C=O) groups is 4. The van der Waals surface area contributed by atoms with Gasteiger partial charge in [0, 0.05) is 33.4 Å². The molecule has 0 atom stereocenters. The topological polar surface area (TPSA) is 128 Å². The van der Waals surface area contributed by atoms with E-state index in [2.05, 4.69) is 32.4 Å². The van der Waals surface area contributed by atoms with Crippen molar-refractivity contribution in [3.63, 3.8) is 0 Å². The first kappa shape index (κ1) is 45.5. The standard InChI is InChI=1S/C24H24F2O3.C23H22F2O3.Li.H2O/c1-23(2)8-9-24(10-11-24)19-12-16(17(21(25)26)13-18(19)23)20(27)14-4-6-15(7-5-14)22(28)29-3;1-22(2)7-8-23(9-10-23)18-11-15(16(20(24)25)12-17(18)22)19(26)13-3-5-14(6-4-13)21(27)28;;/h4-7,12-13,21H,8-11H2,1-3H3;3-6,11-12,20H,7-10H2,1-2H3,(H,27,28);;1H2/q;;+1;/p-1. The number of carboxylic acid groups (broad SMARTS) is 1. The van der Waals surface area contributed by atoms with Gasteiger partial charge in [-0.15, -0.1) is 0 Å². The molecule has 0 bridgehead atoms. The van der Waals surface area contributed by atoms with E-state index < -0.39 is 36.4 Å². The zero-order valence-electron chi connectivity index (χ0n) is 34.2. The van der Waals surface area contributed by atoms with Crippen molar-refractivity contribution in [3.05, 3.63) is 140 Å². The van der Waals surface area contributed by atoms with Gasteiger partial charge < -0.3 is 15.3 Å². The van der Waals surface area contributed by atoms with Crippen LogP contribution in [0.25, 0.3) is 0 Å². The zero-order chi connectivity index (χ0) is 41.2. The van der Waals surface area contributed by atoms with Crippen LogP contribution in [0.3, 0.4) is 0 Å². The summed E-state index contributed by atoms with van der Waals surface area (Å²) in [6.45, 7) is 8.32. The maximum Gasteiger partial charge on any atom is 1.00 e. The number of aromatic carboxylic acids is 1. The van der Waals surface area contributed by atoms with Gasteiger partial charge in [0.05, 0.1) is 18.2 Å². The smallest absolute Gasteiger partial charge is 0.870 e. The minimum absolute atomic E-state index is 0. The van der Waals surface area contributed by atoms with E-state index in [1.165, 1.54) is 61.7 Å². The number of benzene rings is 4. The maximum atomic E-state index is 13.9. The summed E-state index contributed by atoms with van der Waals surface area (Å²) in [6.07, 6.45) is 2.63. The van der Waals surface area contributed by atoms with Gasteiger partial charge in [-0.1, -0.05) is 52.0 Å². The van der Waals surface area contributed by atoms with Crippen LogP contribution >= 0.6 is 0 Å². The number of methoxy groups -OCH3 is 1. The van der Waals surface area contributed by atoms with E-state index in [9.17, 15) is 36.7 Å². The Balaban J connectivity index is 0.000000217. The van der Waals surface area contributed by atoms with Crippen LogP contribution in [0, 0.1) is 0 Å². The fourth-order valence-corrected chi connectivity index (χ4v) is 8.92. The molecule has 0 aliphatic heterocycles. The Morgan fingerprint density at radius 1 is 0.542 bits per heavy atom. The number of fused-ring (bicyclic) bond motifs is 4. The molecule has 4 aromatic carbocycles. The second-order valence-corrected chi connectivity index (χ2v) is 17.5. The van der Waals surface area contributed by atoms with Gasteiger partial charge in [0.15, 0.2) is 11.6 Å². The van der Waals surface area contributed by atoms with E-state index in [4.69, 9.17) is 5.11 Å². The minimum atomic E-state index is -2.75. The van der Waals surface area contributed by atoms with Crippen molar-refractivity contribution in [1.29, 1.82) is 0 Å². The number of carboxylic acids is 1. The van der Waals surface area contributed by atoms with Crippen LogP contribution in [0.2, 0.25) is 0 Å². The quantitative estimate of drug-likeness (QED) is 0.0823. The third-order valence-electron chi connectivity index (χ3n) is 13.1. The van der Waals surface area contributed by atoms with Crippen LogP contribution in [0.5, 0.6) is 0 Å². The van der Waals surface area contributed by atoms with Crippen molar-refractivity contribution in [2.24, 2.45) is 0 Å². The number of carbonyl (C=O) groups excluding carboxylic acids is 3. The molecule has 4 aliphatic carbocycles.